The molecule has 0 aliphatic rings. The second-order valence-electron chi connectivity index (χ2n) is 11.3. The van der Waals surface area contributed by atoms with Crippen molar-refractivity contribution >= 4 is 79.9 Å². The minimum absolute atomic E-state index is 0. The van der Waals surface area contributed by atoms with Gasteiger partial charge in [0.2, 0.25) is 0 Å². The molecule has 14 heteroatoms. The predicted octanol–water partition coefficient (Wildman–Crippen LogP) is 7.54. The average molecular weight is 819 g/mol. The van der Waals surface area contributed by atoms with Crippen molar-refractivity contribution in [3.05, 3.63) is 124 Å². The molecule has 0 atom stereocenters. The molecule has 6 heterocycles. The molecule has 0 bridgehead atoms. The fraction of sp³-hybridized carbons (Fsp3) is 0.235. The molecule has 0 unspecified atom stereocenters. The maximum Gasteiger partial charge on any atom is 0.337 e. The minimum Gasteiger partial charge on any atom is -0.465 e. The molecule has 0 aliphatic carbocycles. The van der Waals surface area contributed by atoms with E-state index in [9.17, 15) is 9.59 Å². The number of nitrogens with zero attached hydrogens (tertiary/aromatic N) is 6. The number of alkyl halides is 1. The zero-order valence-corrected chi connectivity index (χ0v) is 31.6. The Labute approximate surface area is 298 Å². The Hall–Kier alpha value is -3.71. The number of methoxy groups -OCH3 is 2. The van der Waals surface area contributed by atoms with E-state index < -0.39 is 18.4 Å². The topological polar surface area (TPSA) is 113 Å². The van der Waals surface area contributed by atoms with Gasteiger partial charge in [-0.05, 0) is 36.4 Å². The number of hydrogen-bond acceptors (Lipinski definition) is 8. The Bertz CT molecular complexity index is 2010. The molecule has 0 N–H and O–H groups in total. The van der Waals surface area contributed by atoms with Crippen LogP contribution in [-0.2, 0) is 21.8 Å². The molecule has 6 aromatic heterocycles. The molecule has 0 radical (unpaired) electrons. The smallest absolute Gasteiger partial charge is 0.337 e. The van der Waals surface area contributed by atoms with Gasteiger partial charge in [-0.2, -0.15) is 0 Å². The van der Waals surface area contributed by atoms with Crippen molar-refractivity contribution < 1.29 is 19.1 Å². The summed E-state index contributed by atoms with van der Waals surface area (Å²) in [5.74, 6) is -0.233. The fourth-order valence-electron chi connectivity index (χ4n) is 4.30. The van der Waals surface area contributed by atoms with Crippen LogP contribution in [0.2, 0.25) is 24.9 Å². The van der Waals surface area contributed by atoms with E-state index in [-0.39, 0.29) is 19.4 Å². The SMILES string of the molecule is C.COC(=O)c1ccn[c]([Sn]([CH3])([CH3])[CH3])c1.COC(=O)c1ccnc(Cc2cc3cc(Cl)cn3cn2)c1.ClCc1cc2cc(Cl)cn2cn1. The minimum atomic E-state index is -2.15. The van der Waals surface area contributed by atoms with Gasteiger partial charge in [0.05, 0.1) is 52.6 Å². The number of carbonyl (C=O) groups is 2. The predicted molar refractivity (Wildman–Crippen MR) is 194 cm³/mol. The van der Waals surface area contributed by atoms with Crippen LogP contribution in [0.25, 0.3) is 11.0 Å². The van der Waals surface area contributed by atoms with Gasteiger partial charge in [-0.3, -0.25) is 4.98 Å². The van der Waals surface area contributed by atoms with Gasteiger partial charge in [-0.15, -0.1) is 11.6 Å². The maximum atomic E-state index is 11.5. The second-order valence-corrected chi connectivity index (χ2v) is 26.7. The summed E-state index contributed by atoms with van der Waals surface area (Å²) in [5, 5.41) is 1.38. The Morgan fingerprint density at radius 3 is 1.71 bits per heavy atom. The van der Waals surface area contributed by atoms with Gasteiger partial charge in [0.1, 0.15) is 0 Å². The molecule has 6 aromatic rings. The fourth-order valence-corrected chi connectivity index (χ4v) is 7.88. The number of fused-ring (bicyclic) bond motifs is 2. The Balaban J connectivity index is 0.000000203. The van der Waals surface area contributed by atoms with E-state index in [1.807, 2.05) is 45.3 Å². The molecule has 6 rings (SSSR count). The van der Waals surface area contributed by atoms with E-state index in [4.69, 9.17) is 39.5 Å². The summed E-state index contributed by atoms with van der Waals surface area (Å²) in [4.78, 5) is 46.6. The van der Waals surface area contributed by atoms with Crippen LogP contribution >= 0.6 is 34.8 Å². The van der Waals surface area contributed by atoms with Gasteiger partial charge in [0.25, 0.3) is 0 Å². The number of pyridine rings is 2. The van der Waals surface area contributed by atoms with Crippen molar-refractivity contribution in [2.24, 2.45) is 0 Å². The molecule has 0 saturated carbocycles. The first-order chi connectivity index (χ1) is 22.4. The van der Waals surface area contributed by atoms with Crippen LogP contribution in [0.15, 0.2) is 86.0 Å². The summed E-state index contributed by atoms with van der Waals surface area (Å²) in [6, 6.07) is 14.5. The summed E-state index contributed by atoms with van der Waals surface area (Å²) in [5.41, 5.74) is 5.54. The third kappa shape index (κ3) is 10.6. The molecule has 0 aromatic carbocycles. The van der Waals surface area contributed by atoms with Crippen molar-refractivity contribution in [2.75, 3.05) is 14.2 Å². The van der Waals surface area contributed by atoms with Crippen LogP contribution in [0.1, 0.15) is 45.2 Å². The average Bonchev–Trinajstić information content (AvgIpc) is 3.63. The number of halogens is 3. The quantitative estimate of drug-likeness (QED) is 0.0964. The van der Waals surface area contributed by atoms with Crippen LogP contribution in [0, 0.1) is 0 Å². The maximum absolute atomic E-state index is 11.5. The number of ether oxygens (including phenoxy) is 2. The molecular formula is C34H37Cl3N6O4Sn. The van der Waals surface area contributed by atoms with Crippen molar-refractivity contribution in [3.8, 4) is 0 Å². The van der Waals surface area contributed by atoms with Crippen LogP contribution in [0.3, 0.4) is 0 Å². The first-order valence-electron chi connectivity index (χ1n) is 14.3. The number of rotatable bonds is 6. The van der Waals surface area contributed by atoms with Crippen LogP contribution in [0.4, 0.5) is 0 Å². The van der Waals surface area contributed by atoms with E-state index in [1.54, 1.807) is 49.4 Å². The van der Waals surface area contributed by atoms with Crippen molar-refractivity contribution in [1.82, 2.24) is 28.7 Å². The summed E-state index contributed by atoms with van der Waals surface area (Å²) in [7, 11) is 2.75. The molecule has 0 spiro atoms. The van der Waals surface area contributed by atoms with Crippen molar-refractivity contribution in [1.29, 1.82) is 0 Å². The molecule has 0 saturated heterocycles. The van der Waals surface area contributed by atoms with Crippen molar-refractivity contribution in [3.63, 3.8) is 0 Å². The van der Waals surface area contributed by atoms with Crippen molar-refractivity contribution in [2.45, 2.75) is 34.5 Å². The van der Waals surface area contributed by atoms with E-state index in [0.717, 1.165) is 31.8 Å². The molecule has 10 nitrogen and oxygen atoms in total. The number of aromatic nitrogens is 6. The first kappa shape index (κ1) is 38.7. The normalized spacial score (nSPS) is 10.7. The summed E-state index contributed by atoms with van der Waals surface area (Å²) < 4.78 is 14.2. The monoisotopic (exact) mass is 818 g/mol. The van der Waals surface area contributed by atoms with Gasteiger partial charge < -0.3 is 13.5 Å². The molecule has 0 aliphatic heterocycles. The number of carbonyl (C=O) groups excluding carboxylic acids is 2. The molecule has 0 fully saturated rings. The summed E-state index contributed by atoms with van der Waals surface area (Å²) in [6.45, 7) is 0. The Morgan fingerprint density at radius 1 is 0.708 bits per heavy atom. The van der Waals surface area contributed by atoms with Gasteiger partial charge in [-0.1, -0.05) is 30.6 Å². The summed E-state index contributed by atoms with van der Waals surface area (Å²) >= 11 is 15.2. The van der Waals surface area contributed by atoms with E-state index >= 15 is 0 Å². The van der Waals surface area contributed by atoms with Crippen LogP contribution in [-0.4, -0.2) is 73.3 Å². The zero-order valence-electron chi connectivity index (χ0n) is 26.4. The third-order valence-corrected chi connectivity index (χ3v) is 12.6. The van der Waals surface area contributed by atoms with E-state index in [1.165, 1.54) is 14.2 Å². The number of esters is 2. The van der Waals surface area contributed by atoms with Gasteiger partial charge in [0, 0.05) is 41.7 Å². The standard InChI is InChI=1S/C15H12ClN3O2.C8H6Cl2N2.C7H6NO2.CH4.3CH3.Sn/c1-21-15(20)10-2-3-17-12(4-10)6-13-7-14-5-11(16)8-19(14)9-18-13;9-3-7-2-8-1-6(10)4-12(8)5-11-7;1-10-7(9)6-2-4-8-5-3-6;;;;;/h2-5,7-9H,6H2,1H3;1-2,4-5H,3H2;2-4H,1H3;1H4;3*1H3;. The Morgan fingerprint density at radius 2 is 1.19 bits per heavy atom. The third-order valence-electron chi connectivity index (χ3n) is 6.70. The zero-order chi connectivity index (χ0) is 34.1. The number of hydrogen-bond donors (Lipinski definition) is 0. The molecular weight excluding hydrogens is 781 g/mol. The molecule has 0 amide bonds. The summed E-state index contributed by atoms with van der Waals surface area (Å²) in [6.07, 6.45) is 10.8. The Kier molecular flexibility index (Phi) is 14.2. The van der Waals surface area contributed by atoms with Gasteiger partial charge in [-0.25, -0.2) is 14.8 Å². The largest absolute Gasteiger partial charge is 0.465 e. The molecule has 48 heavy (non-hydrogen) atoms. The molecule has 252 valence electrons. The van der Waals surface area contributed by atoms with E-state index in [2.05, 4.69) is 39.5 Å². The first-order valence-corrected chi connectivity index (χ1v) is 25.6. The van der Waals surface area contributed by atoms with Crippen LogP contribution < -0.4 is 3.71 Å². The second kappa shape index (κ2) is 17.6. The van der Waals surface area contributed by atoms with E-state index in [0.29, 0.717) is 33.5 Å². The van der Waals surface area contributed by atoms with Gasteiger partial charge in [0.15, 0.2) is 0 Å². The van der Waals surface area contributed by atoms with Gasteiger partial charge >= 0.3 is 94.4 Å². The van der Waals surface area contributed by atoms with Crippen LogP contribution in [0.5, 0.6) is 0 Å².